The van der Waals surface area contributed by atoms with Crippen LogP contribution in [0.1, 0.15) is 28.4 Å². The number of esters is 1. The molecule has 1 fully saturated rings. The largest absolute Gasteiger partial charge is 0.462 e. The highest BCUT2D eigenvalue weighted by Gasteiger charge is 2.29. The quantitative estimate of drug-likeness (QED) is 0.243. The molecule has 0 aromatic heterocycles. The summed E-state index contributed by atoms with van der Waals surface area (Å²) in [5.41, 5.74) is 4.61. The number of carbonyl (C=O) groups is 2. The van der Waals surface area contributed by atoms with Crippen LogP contribution in [-0.4, -0.2) is 77.3 Å². The summed E-state index contributed by atoms with van der Waals surface area (Å²) in [5.74, 6) is -0.755. The number of benzene rings is 3. The molecule has 0 bridgehead atoms. The minimum Gasteiger partial charge on any atom is -0.462 e. The van der Waals surface area contributed by atoms with Gasteiger partial charge in [-0.3, -0.25) is 14.0 Å². The molecule has 0 aliphatic carbocycles. The molecule has 2 heterocycles. The van der Waals surface area contributed by atoms with Crippen molar-refractivity contribution in [1.82, 2.24) is 10.2 Å². The van der Waals surface area contributed by atoms with Gasteiger partial charge in [-0.2, -0.15) is 0 Å². The van der Waals surface area contributed by atoms with E-state index in [2.05, 4.69) is 20.9 Å². The van der Waals surface area contributed by atoms with Crippen molar-refractivity contribution in [2.75, 3.05) is 67.1 Å². The normalized spacial score (nSPS) is 16.4. The second-order valence-corrected chi connectivity index (χ2v) is 12.1. The first-order chi connectivity index (χ1) is 20.2. The summed E-state index contributed by atoms with van der Waals surface area (Å²) in [6.07, 6.45) is 1.22. The maximum atomic E-state index is 13.3. The summed E-state index contributed by atoms with van der Waals surface area (Å²) >= 11 is 0. The average Bonchev–Trinajstić information content (AvgIpc) is 3.31. The number of fused-ring (bicyclic) bond motifs is 1. The van der Waals surface area contributed by atoms with Crippen molar-refractivity contribution in [2.24, 2.45) is 0 Å². The third kappa shape index (κ3) is 6.64. The number of ether oxygens (including phenoxy) is 1. The molecule has 10 nitrogen and oxygen atoms in total. The van der Waals surface area contributed by atoms with Crippen molar-refractivity contribution < 1.29 is 22.7 Å². The van der Waals surface area contributed by atoms with Crippen molar-refractivity contribution in [3.63, 3.8) is 0 Å². The van der Waals surface area contributed by atoms with Crippen LogP contribution in [0.25, 0.3) is 11.3 Å². The van der Waals surface area contributed by atoms with Gasteiger partial charge in [0.05, 0.1) is 41.1 Å². The Morgan fingerprint density at radius 2 is 1.71 bits per heavy atom. The van der Waals surface area contributed by atoms with Crippen LogP contribution in [0.15, 0.2) is 72.8 Å². The third-order valence-electron chi connectivity index (χ3n) is 7.24. The molecule has 42 heavy (non-hydrogen) atoms. The van der Waals surface area contributed by atoms with E-state index in [0.29, 0.717) is 52.5 Å². The molecule has 2 aliphatic rings. The molecule has 0 radical (unpaired) electrons. The fourth-order valence-corrected chi connectivity index (χ4v) is 6.07. The monoisotopic (exact) mass is 589 g/mol. The van der Waals surface area contributed by atoms with Crippen LogP contribution < -0.4 is 20.3 Å². The molecule has 220 valence electrons. The van der Waals surface area contributed by atoms with Gasteiger partial charge >= 0.3 is 5.97 Å². The molecular formula is C31H35N5O5S. The Kier molecular flexibility index (Phi) is 8.91. The van der Waals surface area contributed by atoms with E-state index >= 15 is 0 Å². The van der Waals surface area contributed by atoms with E-state index in [4.69, 9.17) is 4.74 Å². The summed E-state index contributed by atoms with van der Waals surface area (Å²) in [7, 11) is -3.49. The summed E-state index contributed by atoms with van der Waals surface area (Å²) in [4.78, 5) is 27.8. The molecule has 0 saturated carbocycles. The molecule has 5 rings (SSSR count). The van der Waals surface area contributed by atoms with Crippen LogP contribution in [0.2, 0.25) is 0 Å². The van der Waals surface area contributed by atoms with Crippen LogP contribution in [0, 0.1) is 0 Å². The van der Waals surface area contributed by atoms with Gasteiger partial charge in [0.15, 0.2) is 0 Å². The number of sulfonamides is 1. The van der Waals surface area contributed by atoms with Crippen molar-refractivity contribution in [1.29, 1.82) is 0 Å². The Balaban J connectivity index is 1.45. The molecule has 3 aromatic carbocycles. The molecule has 1 amide bonds. The first-order valence-electron chi connectivity index (χ1n) is 13.9. The van der Waals surface area contributed by atoms with Crippen LogP contribution in [0.5, 0.6) is 0 Å². The number of nitrogens with zero attached hydrogens (tertiary/aromatic N) is 2. The van der Waals surface area contributed by atoms with Gasteiger partial charge < -0.3 is 20.7 Å². The van der Waals surface area contributed by atoms with Gasteiger partial charge in [0.2, 0.25) is 10.0 Å². The van der Waals surface area contributed by atoms with Crippen LogP contribution in [0.4, 0.5) is 17.1 Å². The first kappa shape index (κ1) is 29.3. The zero-order chi connectivity index (χ0) is 29.7. The first-order valence-corrected chi connectivity index (χ1v) is 15.8. The van der Waals surface area contributed by atoms with E-state index in [9.17, 15) is 18.0 Å². The van der Waals surface area contributed by atoms with Gasteiger partial charge in [0.25, 0.3) is 5.91 Å². The fraction of sp³-hybridized carbons (Fsp3) is 0.290. The highest BCUT2D eigenvalue weighted by atomic mass is 32.2. The zero-order valence-corrected chi connectivity index (χ0v) is 24.5. The Bertz CT molecular complexity index is 1580. The number of piperazine rings is 1. The van der Waals surface area contributed by atoms with Gasteiger partial charge in [-0.25, -0.2) is 13.2 Å². The summed E-state index contributed by atoms with van der Waals surface area (Å²) in [6, 6.07) is 21.6. The van der Waals surface area contributed by atoms with Crippen LogP contribution in [0.3, 0.4) is 0 Å². The number of rotatable bonds is 10. The Hall–Kier alpha value is -4.19. The summed E-state index contributed by atoms with van der Waals surface area (Å²) in [5, 5.41) is 9.59. The highest BCUT2D eigenvalue weighted by Crippen LogP contribution is 2.38. The standard InChI is InChI=1S/C31H35N5O5S/c1-3-41-31(38)23-9-14-26-27(21-23)34-30(37)28(26)29(22-7-5-4-6-8-22)33-24-10-12-25(13-11-24)36(42(2,39)40)20-19-35-17-15-32-16-18-35/h4-14,21,32-33H,3,15-20H2,1-2H3,(H,34,37). The van der Waals surface area contributed by atoms with Gasteiger partial charge in [0, 0.05) is 50.5 Å². The number of hydrogen-bond donors (Lipinski definition) is 3. The number of carbonyl (C=O) groups excluding carboxylic acids is 2. The molecule has 0 spiro atoms. The fourth-order valence-electron chi connectivity index (χ4n) is 5.15. The number of nitrogens with one attached hydrogen (secondary N) is 3. The predicted octanol–water partition coefficient (Wildman–Crippen LogP) is 3.47. The lowest BCUT2D eigenvalue weighted by Gasteiger charge is -2.30. The Labute approximate surface area is 246 Å². The van der Waals surface area contributed by atoms with E-state index in [0.717, 1.165) is 31.7 Å². The van der Waals surface area contributed by atoms with E-state index in [1.807, 2.05) is 30.3 Å². The average molecular weight is 590 g/mol. The van der Waals surface area contributed by atoms with E-state index in [1.54, 1.807) is 49.4 Å². The van der Waals surface area contributed by atoms with E-state index < -0.39 is 16.0 Å². The van der Waals surface area contributed by atoms with E-state index in [-0.39, 0.29) is 12.5 Å². The molecule has 11 heteroatoms. The topological polar surface area (TPSA) is 120 Å². The number of amides is 1. The minimum absolute atomic E-state index is 0.256. The second-order valence-electron chi connectivity index (χ2n) is 10.1. The molecular weight excluding hydrogens is 554 g/mol. The van der Waals surface area contributed by atoms with Gasteiger partial charge in [-0.05, 0) is 48.9 Å². The Morgan fingerprint density at radius 3 is 2.38 bits per heavy atom. The smallest absolute Gasteiger partial charge is 0.338 e. The van der Waals surface area contributed by atoms with Crippen molar-refractivity contribution in [2.45, 2.75) is 6.92 Å². The van der Waals surface area contributed by atoms with E-state index in [1.165, 1.54) is 10.6 Å². The minimum atomic E-state index is -3.49. The molecule has 3 N–H and O–H groups in total. The Morgan fingerprint density at radius 1 is 1.00 bits per heavy atom. The van der Waals surface area contributed by atoms with Crippen LogP contribution >= 0.6 is 0 Å². The molecule has 3 aromatic rings. The summed E-state index contributed by atoms with van der Waals surface area (Å²) in [6.45, 7) is 6.57. The number of hydrogen-bond acceptors (Lipinski definition) is 8. The van der Waals surface area contributed by atoms with Gasteiger partial charge in [-0.1, -0.05) is 36.4 Å². The maximum Gasteiger partial charge on any atom is 0.338 e. The second kappa shape index (κ2) is 12.8. The van der Waals surface area contributed by atoms with Crippen molar-refractivity contribution in [3.05, 3.63) is 89.5 Å². The lowest BCUT2D eigenvalue weighted by Crippen LogP contribution is -2.47. The van der Waals surface area contributed by atoms with Gasteiger partial charge in [0.1, 0.15) is 0 Å². The van der Waals surface area contributed by atoms with Crippen molar-refractivity contribution >= 4 is 50.2 Å². The SMILES string of the molecule is CCOC(=O)c1ccc2c(c1)NC(=O)C2=C(Nc1ccc(N(CCN2CCNCC2)S(C)(=O)=O)cc1)c1ccccc1. The molecule has 1 saturated heterocycles. The molecule has 2 aliphatic heterocycles. The zero-order valence-electron chi connectivity index (χ0n) is 23.7. The molecule has 0 unspecified atom stereocenters. The maximum absolute atomic E-state index is 13.3. The van der Waals surface area contributed by atoms with Crippen molar-refractivity contribution in [3.8, 4) is 0 Å². The lowest BCUT2D eigenvalue weighted by molar-refractivity contribution is -0.110. The third-order valence-corrected chi connectivity index (χ3v) is 8.44. The predicted molar refractivity (Wildman–Crippen MR) is 166 cm³/mol. The van der Waals surface area contributed by atoms with Gasteiger partial charge in [-0.15, -0.1) is 0 Å². The summed E-state index contributed by atoms with van der Waals surface area (Å²) < 4.78 is 31.9. The molecule has 0 atom stereocenters. The lowest BCUT2D eigenvalue weighted by atomic mass is 9.99. The number of anilines is 3. The van der Waals surface area contributed by atoms with Crippen LogP contribution in [-0.2, 0) is 19.6 Å². The highest BCUT2D eigenvalue weighted by molar-refractivity contribution is 7.92.